The van der Waals surface area contributed by atoms with E-state index in [0.717, 1.165) is 16.7 Å². The van der Waals surface area contributed by atoms with Gasteiger partial charge in [-0.15, -0.1) is 0 Å². The summed E-state index contributed by atoms with van der Waals surface area (Å²) in [7, 11) is 0. The van der Waals surface area contributed by atoms with E-state index < -0.39 is 0 Å². The number of carbonyl (C=O) groups excluding carboxylic acids is 1. The minimum atomic E-state index is -0.282. The number of nitrogens with one attached hydrogen (secondary N) is 1. The molecule has 2 aromatic heterocycles. The van der Waals surface area contributed by atoms with E-state index in [1.807, 2.05) is 55.5 Å². The zero-order valence-electron chi connectivity index (χ0n) is 17.0. The Labute approximate surface area is 183 Å². The fourth-order valence-corrected chi connectivity index (χ4v) is 3.38. The van der Waals surface area contributed by atoms with Crippen LogP contribution in [0.4, 0.5) is 0 Å². The molecule has 2 heterocycles. The Balaban J connectivity index is 1.41. The number of halogens is 1. The standard InChI is InChI=1S/C23H21ClN4O3/c1-15-2-6-17(7-3-15)21-20-22(31-27-21)26-14-28(23(20)30)13-11-19(29)25-12-10-16-4-8-18(24)9-5-16/h2-9,14H,10-13H2,1H3,(H,25,29). The molecule has 0 bridgehead atoms. The molecular formula is C23H21ClN4O3. The van der Waals surface area contributed by atoms with Crippen molar-refractivity contribution in [2.75, 3.05) is 6.54 Å². The normalized spacial score (nSPS) is 11.0. The predicted octanol–water partition coefficient (Wildman–Crippen LogP) is 3.76. The largest absolute Gasteiger partial charge is 0.356 e. The lowest BCUT2D eigenvalue weighted by atomic mass is 10.1. The van der Waals surface area contributed by atoms with Gasteiger partial charge in [-0.1, -0.05) is 58.7 Å². The van der Waals surface area contributed by atoms with Gasteiger partial charge in [0.1, 0.15) is 17.4 Å². The van der Waals surface area contributed by atoms with Crippen LogP contribution in [0.2, 0.25) is 5.02 Å². The third-order valence-corrected chi connectivity index (χ3v) is 5.27. The summed E-state index contributed by atoms with van der Waals surface area (Å²) in [5.74, 6) is -0.134. The third-order valence-electron chi connectivity index (χ3n) is 5.02. The Morgan fingerprint density at radius 2 is 1.87 bits per heavy atom. The molecule has 0 fully saturated rings. The van der Waals surface area contributed by atoms with Crippen molar-refractivity contribution >= 4 is 28.6 Å². The number of carbonyl (C=O) groups is 1. The number of fused-ring (bicyclic) bond motifs is 1. The van der Waals surface area contributed by atoms with E-state index >= 15 is 0 Å². The maximum Gasteiger partial charge on any atom is 0.266 e. The first-order chi connectivity index (χ1) is 15.0. The van der Waals surface area contributed by atoms with Crippen molar-refractivity contribution in [1.82, 2.24) is 20.0 Å². The molecule has 31 heavy (non-hydrogen) atoms. The lowest BCUT2D eigenvalue weighted by molar-refractivity contribution is -0.121. The third kappa shape index (κ3) is 4.83. The number of rotatable bonds is 7. The summed E-state index contributed by atoms with van der Waals surface area (Å²) in [6.45, 7) is 2.71. The Hall–Kier alpha value is -3.45. The minimum absolute atomic E-state index is 0.134. The van der Waals surface area contributed by atoms with Crippen molar-refractivity contribution in [2.24, 2.45) is 0 Å². The van der Waals surface area contributed by atoms with E-state index in [-0.39, 0.29) is 30.1 Å². The van der Waals surface area contributed by atoms with Crippen LogP contribution in [-0.2, 0) is 17.8 Å². The number of aromatic nitrogens is 3. The molecule has 0 unspecified atom stereocenters. The van der Waals surface area contributed by atoms with Crippen LogP contribution >= 0.6 is 11.6 Å². The molecule has 0 aliphatic heterocycles. The molecule has 1 N–H and O–H groups in total. The molecule has 0 saturated heterocycles. The first kappa shape index (κ1) is 20.8. The second-order valence-corrected chi connectivity index (χ2v) is 7.73. The van der Waals surface area contributed by atoms with Crippen LogP contribution in [0.15, 0.2) is 64.2 Å². The van der Waals surface area contributed by atoms with Gasteiger partial charge in [-0.2, -0.15) is 0 Å². The van der Waals surface area contributed by atoms with Gasteiger partial charge < -0.3 is 9.84 Å². The first-order valence-electron chi connectivity index (χ1n) is 9.94. The monoisotopic (exact) mass is 436 g/mol. The maximum atomic E-state index is 13.0. The van der Waals surface area contributed by atoms with E-state index in [1.54, 1.807) is 0 Å². The SMILES string of the molecule is Cc1ccc(-c2noc3ncn(CCC(=O)NCCc4ccc(Cl)cc4)c(=O)c23)cc1. The van der Waals surface area contributed by atoms with E-state index in [4.69, 9.17) is 16.1 Å². The van der Waals surface area contributed by atoms with Crippen molar-refractivity contribution in [1.29, 1.82) is 0 Å². The van der Waals surface area contributed by atoms with Crippen LogP contribution in [-0.4, -0.2) is 27.2 Å². The van der Waals surface area contributed by atoms with Crippen molar-refractivity contribution in [3.05, 3.63) is 81.4 Å². The van der Waals surface area contributed by atoms with Crippen LogP contribution < -0.4 is 10.9 Å². The van der Waals surface area contributed by atoms with Crippen molar-refractivity contribution in [2.45, 2.75) is 26.3 Å². The molecule has 0 radical (unpaired) electrons. The van der Waals surface area contributed by atoms with Crippen molar-refractivity contribution < 1.29 is 9.32 Å². The number of hydrogen-bond donors (Lipinski definition) is 1. The van der Waals surface area contributed by atoms with Crippen molar-refractivity contribution in [3.8, 4) is 11.3 Å². The average Bonchev–Trinajstić information content (AvgIpc) is 3.20. The fourth-order valence-electron chi connectivity index (χ4n) is 3.26. The smallest absolute Gasteiger partial charge is 0.266 e. The number of nitrogens with zero attached hydrogens (tertiary/aromatic N) is 3. The molecule has 1 amide bonds. The summed E-state index contributed by atoms with van der Waals surface area (Å²) in [5.41, 5.74) is 3.33. The Bertz CT molecular complexity index is 1260. The fraction of sp³-hybridized carbons (Fsp3) is 0.217. The highest BCUT2D eigenvalue weighted by molar-refractivity contribution is 6.30. The van der Waals surface area contributed by atoms with Crippen LogP contribution in [0.25, 0.3) is 22.4 Å². The summed E-state index contributed by atoms with van der Waals surface area (Å²) in [6, 6.07) is 15.2. The molecule has 158 valence electrons. The molecule has 0 spiro atoms. The second-order valence-electron chi connectivity index (χ2n) is 7.30. The highest BCUT2D eigenvalue weighted by Gasteiger charge is 2.17. The van der Waals surface area contributed by atoms with Crippen LogP contribution in [0, 0.1) is 6.92 Å². The topological polar surface area (TPSA) is 90.0 Å². The predicted molar refractivity (Wildman–Crippen MR) is 119 cm³/mol. The van der Waals surface area contributed by atoms with Gasteiger partial charge in [0.25, 0.3) is 11.3 Å². The van der Waals surface area contributed by atoms with E-state index in [0.29, 0.717) is 29.1 Å². The molecule has 0 aliphatic carbocycles. The van der Waals surface area contributed by atoms with Crippen LogP contribution in [0.5, 0.6) is 0 Å². The van der Waals surface area contributed by atoms with E-state index in [9.17, 15) is 9.59 Å². The van der Waals surface area contributed by atoms with Crippen LogP contribution in [0.3, 0.4) is 0 Å². The van der Waals surface area contributed by atoms with Gasteiger partial charge in [0.15, 0.2) is 0 Å². The molecule has 2 aromatic carbocycles. The zero-order chi connectivity index (χ0) is 21.8. The Morgan fingerprint density at radius 1 is 1.13 bits per heavy atom. The number of amides is 1. The zero-order valence-corrected chi connectivity index (χ0v) is 17.7. The van der Waals surface area contributed by atoms with Crippen molar-refractivity contribution in [3.63, 3.8) is 0 Å². The molecule has 4 rings (SSSR count). The van der Waals surface area contributed by atoms with Gasteiger partial charge in [-0.25, -0.2) is 4.98 Å². The van der Waals surface area contributed by atoms with Gasteiger partial charge in [-0.3, -0.25) is 14.2 Å². The van der Waals surface area contributed by atoms with Gasteiger partial charge in [0.2, 0.25) is 5.91 Å². The van der Waals surface area contributed by atoms with Crippen LogP contribution in [0.1, 0.15) is 17.5 Å². The lowest BCUT2D eigenvalue weighted by Crippen LogP contribution is -2.29. The highest BCUT2D eigenvalue weighted by Crippen LogP contribution is 2.24. The van der Waals surface area contributed by atoms with Gasteiger partial charge in [-0.05, 0) is 31.0 Å². The Kier molecular flexibility index (Phi) is 6.13. The summed E-state index contributed by atoms with van der Waals surface area (Å²) < 4.78 is 6.65. The van der Waals surface area contributed by atoms with Gasteiger partial charge >= 0.3 is 0 Å². The molecule has 0 saturated carbocycles. The minimum Gasteiger partial charge on any atom is -0.356 e. The number of benzene rings is 2. The second kappa shape index (κ2) is 9.14. The maximum absolute atomic E-state index is 13.0. The summed E-state index contributed by atoms with van der Waals surface area (Å²) in [6.07, 6.45) is 2.26. The molecular weight excluding hydrogens is 416 g/mol. The van der Waals surface area contributed by atoms with Gasteiger partial charge in [0, 0.05) is 30.1 Å². The molecule has 0 aliphatic rings. The molecule has 7 nitrogen and oxygen atoms in total. The molecule has 4 aromatic rings. The summed E-state index contributed by atoms with van der Waals surface area (Å²) in [4.78, 5) is 29.4. The van der Waals surface area contributed by atoms with E-state index in [1.165, 1.54) is 10.9 Å². The summed E-state index contributed by atoms with van der Waals surface area (Å²) in [5, 5.41) is 7.90. The van der Waals surface area contributed by atoms with Gasteiger partial charge in [0.05, 0.1) is 0 Å². The molecule has 8 heteroatoms. The highest BCUT2D eigenvalue weighted by atomic mass is 35.5. The average molecular weight is 437 g/mol. The lowest BCUT2D eigenvalue weighted by Gasteiger charge is -2.07. The van der Waals surface area contributed by atoms with E-state index in [2.05, 4.69) is 15.5 Å². The number of hydrogen-bond acceptors (Lipinski definition) is 5. The Morgan fingerprint density at radius 3 is 2.61 bits per heavy atom. The number of aryl methyl sites for hydroxylation is 2. The quantitative estimate of drug-likeness (QED) is 0.476. The summed E-state index contributed by atoms with van der Waals surface area (Å²) >= 11 is 5.88. The first-order valence-corrected chi connectivity index (χ1v) is 10.3. The molecule has 0 atom stereocenters.